The van der Waals surface area contributed by atoms with Gasteiger partial charge in [0.1, 0.15) is 5.75 Å². The van der Waals surface area contributed by atoms with Gasteiger partial charge in [-0.15, -0.1) is 0 Å². The molecule has 0 unspecified atom stereocenters. The fourth-order valence-corrected chi connectivity index (χ4v) is 2.72. The van der Waals surface area contributed by atoms with E-state index in [4.69, 9.17) is 9.47 Å². The first kappa shape index (κ1) is 15.1. The molecular formula is C14H19NO4S. The van der Waals surface area contributed by atoms with E-state index in [2.05, 4.69) is 12.6 Å². The molecule has 5 nitrogen and oxygen atoms in total. The molecule has 0 amide bonds. The van der Waals surface area contributed by atoms with Crippen LogP contribution in [-0.4, -0.2) is 30.5 Å². The largest absolute Gasteiger partial charge is 0.493 e. The van der Waals surface area contributed by atoms with Gasteiger partial charge in [-0.2, -0.15) is 12.6 Å². The smallest absolute Gasteiger partial charge is 0.272 e. The zero-order chi connectivity index (χ0) is 14.6. The molecule has 1 fully saturated rings. The van der Waals surface area contributed by atoms with Crippen molar-refractivity contribution in [3.05, 3.63) is 33.9 Å². The van der Waals surface area contributed by atoms with Crippen LogP contribution in [0.5, 0.6) is 5.75 Å². The lowest BCUT2D eigenvalue weighted by molar-refractivity contribution is -0.385. The van der Waals surface area contributed by atoms with Crippen LogP contribution in [0.25, 0.3) is 0 Å². The van der Waals surface area contributed by atoms with Crippen molar-refractivity contribution < 1.29 is 14.4 Å². The summed E-state index contributed by atoms with van der Waals surface area (Å²) in [6.45, 7) is 3.76. The summed E-state index contributed by atoms with van der Waals surface area (Å²) in [5.41, 5.74) is 0.767. The fourth-order valence-electron chi connectivity index (χ4n) is 2.31. The standard InChI is InChI=1S/C14H19NO4S/c1-11-8-12(2-3-13(11)15(16)17)19-9-14(10-20)4-6-18-7-5-14/h2-3,8,20H,4-7,9-10H2,1H3. The molecule has 1 aromatic carbocycles. The average Bonchev–Trinajstić information content (AvgIpc) is 2.46. The van der Waals surface area contributed by atoms with Gasteiger partial charge >= 0.3 is 0 Å². The van der Waals surface area contributed by atoms with E-state index in [0.717, 1.165) is 31.8 Å². The third-order valence-electron chi connectivity index (χ3n) is 3.80. The molecule has 0 aromatic heterocycles. The highest BCUT2D eigenvalue weighted by atomic mass is 32.1. The molecule has 1 saturated heterocycles. The van der Waals surface area contributed by atoms with Crippen LogP contribution in [0.1, 0.15) is 18.4 Å². The van der Waals surface area contributed by atoms with Gasteiger partial charge in [0.25, 0.3) is 5.69 Å². The van der Waals surface area contributed by atoms with Crippen molar-refractivity contribution in [3.8, 4) is 5.75 Å². The third kappa shape index (κ3) is 3.43. The van der Waals surface area contributed by atoms with Gasteiger partial charge in [0.2, 0.25) is 0 Å². The first-order chi connectivity index (χ1) is 9.56. The second kappa shape index (κ2) is 6.45. The maximum absolute atomic E-state index is 10.8. The van der Waals surface area contributed by atoms with Crippen molar-refractivity contribution >= 4 is 18.3 Å². The Morgan fingerprint density at radius 1 is 1.45 bits per heavy atom. The van der Waals surface area contributed by atoms with E-state index in [0.29, 0.717) is 17.9 Å². The highest BCUT2D eigenvalue weighted by molar-refractivity contribution is 7.80. The zero-order valence-corrected chi connectivity index (χ0v) is 12.4. The van der Waals surface area contributed by atoms with Crippen LogP contribution in [-0.2, 0) is 4.74 Å². The van der Waals surface area contributed by atoms with E-state index < -0.39 is 0 Å². The lowest BCUT2D eigenvalue weighted by Gasteiger charge is -2.35. The van der Waals surface area contributed by atoms with Crippen molar-refractivity contribution in [2.45, 2.75) is 19.8 Å². The first-order valence-corrected chi connectivity index (χ1v) is 7.26. The minimum absolute atomic E-state index is 0.0387. The average molecular weight is 297 g/mol. The predicted octanol–water partition coefficient (Wildman–Crippen LogP) is 3.01. The molecule has 0 N–H and O–H groups in total. The number of thiol groups is 1. The topological polar surface area (TPSA) is 61.6 Å². The summed E-state index contributed by atoms with van der Waals surface area (Å²) < 4.78 is 11.2. The SMILES string of the molecule is Cc1cc(OCC2(CS)CCOCC2)ccc1[N+](=O)[O-]. The van der Waals surface area contributed by atoms with Gasteiger partial charge in [-0.25, -0.2) is 0 Å². The molecule has 1 aliphatic rings. The van der Waals surface area contributed by atoms with E-state index in [1.165, 1.54) is 6.07 Å². The van der Waals surface area contributed by atoms with Crippen LogP contribution in [0.3, 0.4) is 0 Å². The van der Waals surface area contributed by atoms with Crippen LogP contribution in [0.15, 0.2) is 18.2 Å². The number of nitrogens with zero attached hydrogens (tertiary/aromatic N) is 1. The maximum Gasteiger partial charge on any atom is 0.272 e. The molecule has 6 heteroatoms. The van der Waals surface area contributed by atoms with E-state index in [9.17, 15) is 10.1 Å². The van der Waals surface area contributed by atoms with Gasteiger partial charge in [-0.05, 0) is 37.7 Å². The maximum atomic E-state index is 10.8. The molecule has 0 radical (unpaired) electrons. The Hall–Kier alpha value is -1.27. The Balaban J connectivity index is 2.03. The lowest BCUT2D eigenvalue weighted by Crippen LogP contribution is -2.36. The summed E-state index contributed by atoms with van der Waals surface area (Å²) in [5, 5.41) is 10.8. The molecule has 110 valence electrons. The molecular weight excluding hydrogens is 278 g/mol. The molecule has 2 rings (SSSR count). The van der Waals surface area contributed by atoms with Crippen molar-refractivity contribution in [1.82, 2.24) is 0 Å². The zero-order valence-electron chi connectivity index (χ0n) is 11.5. The minimum Gasteiger partial charge on any atom is -0.493 e. The monoisotopic (exact) mass is 297 g/mol. The van der Waals surface area contributed by atoms with Crippen LogP contribution in [0.4, 0.5) is 5.69 Å². The molecule has 1 aliphatic heterocycles. The number of nitro groups is 1. The second-order valence-electron chi connectivity index (χ2n) is 5.26. The summed E-state index contributed by atoms with van der Waals surface area (Å²) in [4.78, 5) is 10.4. The van der Waals surface area contributed by atoms with Gasteiger partial charge in [-0.1, -0.05) is 0 Å². The van der Waals surface area contributed by atoms with Crippen molar-refractivity contribution in [2.24, 2.45) is 5.41 Å². The number of nitro benzene ring substituents is 1. The first-order valence-electron chi connectivity index (χ1n) is 6.63. The molecule has 0 spiro atoms. The second-order valence-corrected chi connectivity index (χ2v) is 5.58. The van der Waals surface area contributed by atoms with Gasteiger partial charge in [0.15, 0.2) is 0 Å². The fraction of sp³-hybridized carbons (Fsp3) is 0.571. The van der Waals surface area contributed by atoms with Crippen molar-refractivity contribution in [3.63, 3.8) is 0 Å². The van der Waals surface area contributed by atoms with Crippen molar-refractivity contribution in [2.75, 3.05) is 25.6 Å². The molecule has 20 heavy (non-hydrogen) atoms. The Morgan fingerprint density at radius 3 is 2.70 bits per heavy atom. The molecule has 0 saturated carbocycles. The number of aryl methyl sites for hydroxylation is 1. The Labute approximate surface area is 123 Å². The van der Waals surface area contributed by atoms with Crippen LogP contribution in [0.2, 0.25) is 0 Å². The van der Waals surface area contributed by atoms with E-state index in [1.54, 1.807) is 19.1 Å². The van der Waals surface area contributed by atoms with Crippen LogP contribution >= 0.6 is 12.6 Å². The normalized spacial score (nSPS) is 17.7. The van der Waals surface area contributed by atoms with Gasteiger partial charge in [0, 0.05) is 30.3 Å². The summed E-state index contributed by atoms with van der Waals surface area (Å²) >= 11 is 4.43. The molecule has 0 bridgehead atoms. The Morgan fingerprint density at radius 2 is 2.15 bits per heavy atom. The Kier molecular flexibility index (Phi) is 4.88. The number of rotatable bonds is 5. The quantitative estimate of drug-likeness (QED) is 0.515. The van der Waals surface area contributed by atoms with Crippen LogP contribution < -0.4 is 4.74 Å². The molecule has 0 aliphatic carbocycles. The lowest BCUT2D eigenvalue weighted by atomic mass is 9.83. The van der Waals surface area contributed by atoms with E-state index in [-0.39, 0.29) is 16.0 Å². The number of ether oxygens (including phenoxy) is 2. The Bertz CT molecular complexity index is 486. The molecule has 1 heterocycles. The van der Waals surface area contributed by atoms with Crippen LogP contribution in [0, 0.1) is 22.5 Å². The highest BCUT2D eigenvalue weighted by Crippen LogP contribution is 2.33. The number of benzene rings is 1. The highest BCUT2D eigenvalue weighted by Gasteiger charge is 2.32. The van der Waals surface area contributed by atoms with Crippen molar-refractivity contribution in [1.29, 1.82) is 0 Å². The number of hydrogen-bond acceptors (Lipinski definition) is 5. The predicted molar refractivity (Wildman–Crippen MR) is 79.7 cm³/mol. The minimum atomic E-state index is -0.382. The summed E-state index contributed by atoms with van der Waals surface area (Å²) in [5.74, 6) is 1.42. The third-order valence-corrected chi connectivity index (χ3v) is 4.47. The van der Waals surface area contributed by atoms with Gasteiger partial charge in [-0.3, -0.25) is 10.1 Å². The molecule has 1 aromatic rings. The van der Waals surface area contributed by atoms with E-state index in [1.807, 2.05) is 0 Å². The number of hydrogen-bond donors (Lipinski definition) is 1. The molecule has 0 atom stereocenters. The summed E-state index contributed by atoms with van der Waals surface area (Å²) in [6.07, 6.45) is 1.87. The van der Waals surface area contributed by atoms with Gasteiger partial charge < -0.3 is 9.47 Å². The van der Waals surface area contributed by atoms with E-state index >= 15 is 0 Å². The summed E-state index contributed by atoms with van der Waals surface area (Å²) in [7, 11) is 0. The summed E-state index contributed by atoms with van der Waals surface area (Å²) in [6, 6.07) is 4.85. The van der Waals surface area contributed by atoms with Gasteiger partial charge in [0.05, 0.1) is 11.5 Å².